The molecule has 0 saturated carbocycles. The molecule has 4 rings (SSSR count). The number of benzene rings is 2. The van der Waals surface area contributed by atoms with Crippen molar-refractivity contribution in [1.82, 2.24) is 25.0 Å². The molecule has 2 aromatic carbocycles. The van der Waals surface area contributed by atoms with Gasteiger partial charge in [-0.25, -0.2) is 9.18 Å². The van der Waals surface area contributed by atoms with Crippen molar-refractivity contribution >= 4 is 23.7 Å². The number of nitrogens with one attached hydrogen (secondary N) is 1. The van der Waals surface area contributed by atoms with Crippen LogP contribution in [-0.2, 0) is 11.4 Å². The van der Waals surface area contributed by atoms with Crippen LogP contribution in [-0.4, -0.2) is 49.9 Å². The van der Waals surface area contributed by atoms with Gasteiger partial charge in [-0.1, -0.05) is 42.1 Å². The molecule has 1 aliphatic heterocycles. The smallest absolute Gasteiger partial charge is 0.324 e. The van der Waals surface area contributed by atoms with E-state index in [-0.39, 0.29) is 24.3 Å². The molecule has 0 radical (unpaired) electrons. The van der Waals surface area contributed by atoms with Crippen LogP contribution < -0.4 is 10.1 Å². The van der Waals surface area contributed by atoms with Gasteiger partial charge in [0.25, 0.3) is 0 Å². The number of hydrogen-bond acceptors (Lipinski definition) is 6. The monoisotopic (exact) mass is 441 g/mol. The Labute approximate surface area is 182 Å². The molecule has 1 saturated heterocycles. The summed E-state index contributed by atoms with van der Waals surface area (Å²) in [6.45, 7) is 2.49. The van der Waals surface area contributed by atoms with Crippen molar-refractivity contribution in [3.8, 4) is 11.4 Å². The van der Waals surface area contributed by atoms with Gasteiger partial charge in [-0.3, -0.25) is 14.3 Å². The minimum Gasteiger partial charge on any atom is -0.483 e. The van der Waals surface area contributed by atoms with Gasteiger partial charge in [-0.15, -0.1) is 10.2 Å². The molecule has 3 amide bonds. The standard InChI is InChI=1S/C21H20FN5O3S/c1-14(19(28)26-12-11-23-20(26)29)31-21-25-24-18(27(21)15-7-3-2-4-8-15)13-30-17-10-6-5-9-16(17)22/h2-10,14H,11-13H2,1H3,(H,23,29)/t14-/m0/s1. The number of ether oxygens (including phenoxy) is 1. The van der Waals surface area contributed by atoms with Crippen LogP contribution >= 0.6 is 11.8 Å². The molecule has 1 atom stereocenters. The summed E-state index contributed by atoms with van der Waals surface area (Å²) in [5, 5.41) is 11.0. The molecule has 160 valence electrons. The molecule has 1 N–H and O–H groups in total. The molecule has 0 aliphatic carbocycles. The number of carbonyl (C=O) groups is 2. The van der Waals surface area contributed by atoms with Crippen LogP contribution in [0.3, 0.4) is 0 Å². The largest absolute Gasteiger partial charge is 0.483 e. The molecule has 0 bridgehead atoms. The van der Waals surface area contributed by atoms with E-state index in [1.807, 2.05) is 30.3 Å². The Kier molecular flexibility index (Phi) is 6.17. The predicted octanol–water partition coefficient (Wildman–Crippen LogP) is 3.02. The summed E-state index contributed by atoms with van der Waals surface area (Å²) in [6, 6.07) is 15.1. The Morgan fingerprint density at radius 1 is 1.19 bits per heavy atom. The number of aromatic nitrogens is 3. The molecule has 1 aromatic heterocycles. The molecule has 31 heavy (non-hydrogen) atoms. The molecule has 10 heteroatoms. The number of carbonyl (C=O) groups excluding carboxylic acids is 2. The zero-order valence-corrected chi connectivity index (χ0v) is 17.5. The minimum absolute atomic E-state index is 0.0136. The van der Waals surface area contributed by atoms with Gasteiger partial charge in [-0.2, -0.15) is 0 Å². The highest BCUT2D eigenvalue weighted by molar-refractivity contribution is 8.00. The van der Waals surface area contributed by atoms with Crippen LogP contribution in [0.1, 0.15) is 12.7 Å². The number of para-hydroxylation sites is 2. The second-order valence-corrected chi connectivity index (χ2v) is 8.08. The number of amides is 3. The minimum atomic E-state index is -0.559. The second-order valence-electron chi connectivity index (χ2n) is 6.77. The number of thioether (sulfide) groups is 1. The lowest BCUT2D eigenvalue weighted by atomic mass is 10.3. The number of rotatable bonds is 7. The van der Waals surface area contributed by atoms with Crippen LogP contribution in [0.2, 0.25) is 0 Å². The van der Waals surface area contributed by atoms with E-state index in [2.05, 4.69) is 15.5 Å². The molecule has 2 heterocycles. The van der Waals surface area contributed by atoms with Crippen molar-refractivity contribution in [2.45, 2.75) is 23.9 Å². The first-order valence-corrected chi connectivity index (χ1v) is 10.6. The molecule has 1 aliphatic rings. The Morgan fingerprint density at radius 3 is 2.65 bits per heavy atom. The van der Waals surface area contributed by atoms with Crippen molar-refractivity contribution in [3.63, 3.8) is 0 Å². The highest BCUT2D eigenvalue weighted by Gasteiger charge is 2.31. The van der Waals surface area contributed by atoms with Gasteiger partial charge >= 0.3 is 6.03 Å². The maximum absolute atomic E-state index is 13.9. The molecule has 1 fully saturated rings. The van der Waals surface area contributed by atoms with Crippen molar-refractivity contribution in [1.29, 1.82) is 0 Å². The first-order chi connectivity index (χ1) is 15.0. The van der Waals surface area contributed by atoms with Gasteiger partial charge in [0.2, 0.25) is 5.91 Å². The van der Waals surface area contributed by atoms with Crippen molar-refractivity contribution in [2.24, 2.45) is 0 Å². The maximum Gasteiger partial charge on any atom is 0.324 e. The normalized spacial score (nSPS) is 14.4. The maximum atomic E-state index is 13.9. The van der Waals surface area contributed by atoms with Crippen LogP contribution in [0.15, 0.2) is 59.8 Å². The summed E-state index contributed by atoms with van der Waals surface area (Å²) in [5.41, 5.74) is 0.778. The molecule has 3 aromatic rings. The Bertz CT molecular complexity index is 1090. The fourth-order valence-corrected chi connectivity index (χ4v) is 4.07. The third-order valence-electron chi connectivity index (χ3n) is 4.66. The summed E-state index contributed by atoms with van der Waals surface area (Å²) >= 11 is 1.20. The number of imide groups is 1. The fourth-order valence-electron chi connectivity index (χ4n) is 3.12. The molecular weight excluding hydrogens is 421 g/mol. The summed E-state index contributed by atoms with van der Waals surface area (Å²) in [7, 11) is 0. The topological polar surface area (TPSA) is 89.3 Å². The Morgan fingerprint density at radius 2 is 1.94 bits per heavy atom. The molecule has 0 unspecified atom stereocenters. The van der Waals surface area contributed by atoms with E-state index in [0.717, 1.165) is 5.69 Å². The summed E-state index contributed by atoms with van der Waals surface area (Å²) in [5.74, 6) is -0.198. The highest BCUT2D eigenvalue weighted by Crippen LogP contribution is 2.28. The van der Waals surface area contributed by atoms with E-state index in [4.69, 9.17) is 4.74 Å². The predicted molar refractivity (Wildman–Crippen MR) is 113 cm³/mol. The molecule has 8 nitrogen and oxygen atoms in total. The van der Waals surface area contributed by atoms with E-state index in [1.165, 1.54) is 28.8 Å². The third kappa shape index (κ3) is 4.53. The van der Waals surface area contributed by atoms with Crippen molar-refractivity contribution in [3.05, 3.63) is 66.2 Å². The number of hydrogen-bond donors (Lipinski definition) is 1. The SMILES string of the molecule is C[C@H](Sc1nnc(COc2ccccc2F)n1-c1ccccc1)C(=O)N1CCNC1=O. The van der Waals surface area contributed by atoms with E-state index in [1.54, 1.807) is 23.6 Å². The van der Waals surface area contributed by atoms with Gasteiger partial charge in [-0.05, 0) is 31.2 Å². The summed E-state index contributed by atoms with van der Waals surface area (Å²) in [6.07, 6.45) is 0. The van der Waals surface area contributed by atoms with Gasteiger partial charge in [0.15, 0.2) is 22.5 Å². The van der Waals surface area contributed by atoms with Crippen molar-refractivity contribution in [2.75, 3.05) is 13.1 Å². The summed E-state index contributed by atoms with van der Waals surface area (Å²) in [4.78, 5) is 25.7. The number of nitrogens with zero attached hydrogens (tertiary/aromatic N) is 4. The Hall–Kier alpha value is -3.40. The number of halogens is 1. The van der Waals surface area contributed by atoms with Gasteiger partial charge < -0.3 is 10.1 Å². The second kappa shape index (κ2) is 9.17. The van der Waals surface area contributed by atoms with E-state index in [9.17, 15) is 14.0 Å². The van der Waals surface area contributed by atoms with Crippen molar-refractivity contribution < 1.29 is 18.7 Å². The lowest BCUT2D eigenvalue weighted by Gasteiger charge is -2.17. The van der Waals surface area contributed by atoms with E-state index in [0.29, 0.717) is 24.1 Å². The van der Waals surface area contributed by atoms with E-state index < -0.39 is 11.1 Å². The van der Waals surface area contributed by atoms with Gasteiger partial charge in [0.05, 0.1) is 5.25 Å². The first kappa shape index (κ1) is 20.9. The average molecular weight is 441 g/mol. The zero-order valence-electron chi connectivity index (χ0n) is 16.7. The highest BCUT2D eigenvalue weighted by atomic mass is 32.2. The lowest BCUT2D eigenvalue weighted by molar-refractivity contribution is -0.126. The van der Waals surface area contributed by atoms with Crippen LogP contribution in [0.5, 0.6) is 5.75 Å². The van der Waals surface area contributed by atoms with Crippen LogP contribution in [0.25, 0.3) is 5.69 Å². The Balaban J connectivity index is 1.58. The third-order valence-corrected chi connectivity index (χ3v) is 5.69. The van der Waals surface area contributed by atoms with Gasteiger partial charge in [0, 0.05) is 18.8 Å². The average Bonchev–Trinajstić information content (AvgIpc) is 3.39. The van der Waals surface area contributed by atoms with Gasteiger partial charge in [0.1, 0.15) is 6.61 Å². The van der Waals surface area contributed by atoms with E-state index >= 15 is 0 Å². The first-order valence-electron chi connectivity index (χ1n) is 9.67. The quantitative estimate of drug-likeness (QED) is 0.567. The van der Waals surface area contributed by atoms with Crippen LogP contribution in [0.4, 0.5) is 9.18 Å². The summed E-state index contributed by atoms with van der Waals surface area (Å²) < 4.78 is 21.3. The molecular formula is C21H20FN5O3S. The number of urea groups is 1. The zero-order chi connectivity index (χ0) is 21.8. The van der Waals surface area contributed by atoms with Crippen LogP contribution in [0, 0.1) is 5.82 Å². The molecule has 0 spiro atoms. The lowest BCUT2D eigenvalue weighted by Crippen LogP contribution is -2.39. The fraction of sp³-hybridized carbons (Fsp3) is 0.238.